The molecular formula is C12H15NO6. The Kier molecular flexibility index (Phi) is 3.73. The monoisotopic (exact) mass is 269 g/mol. The summed E-state index contributed by atoms with van der Waals surface area (Å²) < 4.78 is 14.2. The largest absolute Gasteiger partial charge is 0.468 e. The van der Waals surface area contributed by atoms with Crippen molar-refractivity contribution < 1.29 is 28.6 Å². The molecule has 7 nitrogen and oxygen atoms in total. The van der Waals surface area contributed by atoms with Gasteiger partial charge in [-0.25, -0.2) is 4.79 Å². The normalized spacial score (nSPS) is 25.0. The van der Waals surface area contributed by atoms with Crippen LogP contribution in [-0.4, -0.2) is 49.8 Å². The van der Waals surface area contributed by atoms with E-state index in [1.165, 1.54) is 19.1 Å². The molecule has 2 aliphatic heterocycles. The van der Waals surface area contributed by atoms with Gasteiger partial charge in [-0.1, -0.05) is 6.08 Å². The highest BCUT2D eigenvalue weighted by molar-refractivity contribution is 5.95. The third-order valence-corrected chi connectivity index (χ3v) is 3.38. The zero-order chi connectivity index (χ0) is 14.0. The highest BCUT2D eigenvalue weighted by Gasteiger charge is 2.43. The predicted molar refractivity (Wildman–Crippen MR) is 61.7 cm³/mol. The van der Waals surface area contributed by atoms with Crippen LogP contribution in [0.4, 0.5) is 4.79 Å². The van der Waals surface area contributed by atoms with E-state index in [9.17, 15) is 14.4 Å². The lowest BCUT2D eigenvalue weighted by Crippen LogP contribution is -2.40. The maximum Gasteiger partial charge on any atom is 0.414 e. The molecule has 0 aromatic heterocycles. The molecule has 2 atom stereocenters. The highest BCUT2D eigenvalue weighted by atomic mass is 16.6. The molecule has 2 heterocycles. The van der Waals surface area contributed by atoms with E-state index in [0.29, 0.717) is 6.42 Å². The summed E-state index contributed by atoms with van der Waals surface area (Å²) in [5.74, 6) is -2.65. The average Bonchev–Trinajstić information content (AvgIpc) is 2.79. The quantitative estimate of drug-likeness (QED) is 0.416. The molecule has 7 heteroatoms. The van der Waals surface area contributed by atoms with E-state index < -0.39 is 23.9 Å². The van der Waals surface area contributed by atoms with Gasteiger partial charge < -0.3 is 14.2 Å². The smallest absolute Gasteiger partial charge is 0.414 e. The number of nitrogens with zero attached hydrogens (tertiary/aromatic N) is 1. The maximum atomic E-state index is 11.7. The van der Waals surface area contributed by atoms with Crippen LogP contribution in [0.1, 0.15) is 6.42 Å². The fourth-order valence-electron chi connectivity index (χ4n) is 2.38. The van der Waals surface area contributed by atoms with Gasteiger partial charge in [-0.05, 0) is 6.42 Å². The Balaban J connectivity index is 2.18. The van der Waals surface area contributed by atoms with E-state index in [1.54, 1.807) is 12.3 Å². The van der Waals surface area contributed by atoms with Gasteiger partial charge in [0, 0.05) is 12.1 Å². The third-order valence-electron chi connectivity index (χ3n) is 3.38. The molecule has 1 saturated heterocycles. The minimum Gasteiger partial charge on any atom is -0.468 e. The molecule has 1 amide bonds. The molecule has 2 aliphatic rings. The zero-order valence-electron chi connectivity index (χ0n) is 10.7. The van der Waals surface area contributed by atoms with Gasteiger partial charge in [0.05, 0.1) is 20.3 Å². The van der Waals surface area contributed by atoms with Crippen molar-refractivity contribution in [1.82, 2.24) is 4.90 Å². The van der Waals surface area contributed by atoms with Crippen molar-refractivity contribution in [1.29, 1.82) is 0 Å². The van der Waals surface area contributed by atoms with Gasteiger partial charge in [0.15, 0.2) is 5.92 Å². The number of amides is 1. The van der Waals surface area contributed by atoms with Crippen LogP contribution < -0.4 is 0 Å². The van der Waals surface area contributed by atoms with Gasteiger partial charge in [0.2, 0.25) is 0 Å². The number of rotatable bonds is 3. The number of fused-ring (bicyclic) bond motifs is 1. The van der Waals surface area contributed by atoms with Crippen LogP contribution in [0.5, 0.6) is 0 Å². The fraction of sp³-hybridized carbons (Fsp3) is 0.583. The second-order valence-corrected chi connectivity index (χ2v) is 4.40. The first-order chi connectivity index (χ1) is 9.08. The minimum absolute atomic E-state index is 0.153. The van der Waals surface area contributed by atoms with Crippen molar-refractivity contribution in [2.75, 3.05) is 20.8 Å². The van der Waals surface area contributed by atoms with Gasteiger partial charge in [-0.3, -0.25) is 14.5 Å². The Labute approximate surface area is 110 Å². The summed E-state index contributed by atoms with van der Waals surface area (Å²) in [6.45, 7) is 0.259. The Morgan fingerprint density at radius 1 is 1.37 bits per heavy atom. The molecule has 0 spiro atoms. The van der Waals surface area contributed by atoms with Gasteiger partial charge in [0.1, 0.15) is 6.61 Å². The topological polar surface area (TPSA) is 82.1 Å². The second kappa shape index (κ2) is 5.29. The summed E-state index contributed by atoms with van der Waals surface area (Å²) in [6.07, 6.45) is 3.23. The number of cyclic esters (lactones) is 1. The molecule has 0 saturated carbocycles. The predicted octanol–water partition coefficient (Wildman–Crippen LogP) is 0.303. The van der Waals surface area contributed by atoms with Crippen molar-refractivity contribution in [2.45, 2.75) is 12.5 Å². The lowest BCUT2D eigenvalue weighted by atomic mass is 9.84. The second-order valence-electron chi connectivity index (χ2n) is 4.40. The number of methoxy groups -OCH3 is 2. The number of ether oxygens (including phenoxy) is 3. The first-order valence-electron chi connectivity index (χ1n) is 5.87. The van der Waals surface area contributed by atoms with Crippen LogP contribution in [0, 0.1) is 11.8 Å². The summed E-state index contributed by atoms with van der Waals surface area (Å²) in [4.78, 5) is 36.2. The molecule has 2 rings (SSSR count). The Morgan fingerprint density at radius 2 is 2.00 bits per heavy atom. The highest BCUT2D eigenvalue weighted by Crippen LogP contribution is 2.31. The van der Waals surface area contributed by atoms with Crippen LogP contribution in [-0.2, 0) is 23.8 Å². The van der Waals surface area contributed by atoms with Gasteiger partial charge in [-0.15, -0.1) is 0 Å². The molecule has 104 valence electrons. The number of carbonyl (C=O) groups excluding carboxylic acids is 3. The van der Waals surface area contributed by atoms with Crippen molar-refractivity contribution in [3.63, 3.8) is 0 Å². The summed E-state index contributed by atoms with van der Waals surface area (Å²) in [7, 11) is 2.44. The summed E-state index contributed by atoms with van der Waals surface area (Å²) in [5.41, 5.74) is 0. The Bertz CT molecular complexity index is 416. The number of esters is 2. The Morgan fingerprint density at radius 3 is 2.58 bits per heavy atom. The van der Waals surface area contributed by atoms with Crippen molar-refractivity contribution in [2.24, 2.45) is 11.8 Å². The molecule has 0 radical (unpaired) electrons. The van der Waals surface area contributed by atoms with Crippen LogP contribution in [0.25, 0.3) is 0 Å². The SMILES string of the molecule is COC(=O)C(C(=O)OC)[C@H]1C=CN2C(=O)OC[C@@H]2C1. The molecule has 0 unspecified atom stereocenters. The standard InChI is InChI=1S/C12H15NO6/c1-17-10(14)9(11(15)18-2)7-3-4-13-8(5-7)6-19-12(13)16/h3-4,7-9H,5-6H2,1-2H3/t7-,8-/m0/s1. The van der Waals surface area contributed by atoms with Crippen LogP contribution in [0.15, 0.2) is 12.3 Å². The van der Waals surface area contributed by atoms with Crippen molar-refractivity contribution in [3.05, 3.63) is 12.3 Å². The van der Waals surface area contributed by atoms with E-state index in [0.717, 1.165) is 0 Å². The fourth-order valence-corrected chi connectivity index (χ4v) is 2.38. The molecule has 0 bridgehead atoms. The summed E-state index contributed by atoms with van der Waals surface area (Å²) in [5, 5.41) is 0. The minimum atomic E-state index is -1.01. The van der Waals surface area contributed by atoms with Gasteiger partial charge in [0.25, 0.3) is 0 Å². The molecular weight excluding hydrogens is 254 g/mol. The van der Waals surface area contributed by atoms with E-state index >= 15 is 0 Å². The van der Waals surface area contributed by atoms with Gasteiger partial charge in [-0.2, -0.15) is 0 Å². The molecule has 1 fully saturated rings. The van der Waals surface area contributed by atoms with Gasteiger partial charge >= 0.3 is 18.0 Å². The lowest BCUT2D eigenvalue weighted by Gasteiger charge is -2.29. The van der Waals surface area contributed by atoms with E-state index in [-0.39, 0.29) is 18.6 Å². The molecule has 0 N–H and O–H groups in total. The Hall–Kier alpha value is -2.05. The number of hydrogen-bond donors (Lipinski definition) is 0. The number of carbonyl (C=O) groups is 3. The number of hydrogen-bond acceptors (Lipinski definition) is 6. The maximum absolute atomic E-state index is 11.7. The first-order valence-corrected chi connectivity index (χ1v) is 5.87. The lowest BCUT2D eigenvalue weighted by molar-refractivity contribution is -0.161. The first kappa shape index (κ1) is 13.4. The molecule has 0 aliphatic carbocycles. The molecule has 19 heavy (non-hydrogen) atoms. The third kappa shape index (κ3) is 2.40. The summed E-state index contributed by atoms with van der Waals surface area (Å²) >= 11 is 0. The zero-order valence-corrected chi connectivity index (χ0v) is 10.7. The summed E-state index contributed by atoms with van der Waals surface area (Å²) in [6, 6.07) is -0.153. The molecule has 0 aromatic rings. The van der Waals surface area contributed by atoms with Crippen molar-refractivity contribution in [3.8, 4) is 0 Å². The average molecular weight is 269 g/mol. The van der Waals surface area contributed by atoms with Crippen LogP contribution in [0.3, 0.4) is 0 Å². The van der Waals surface area contributed by atoms with E-state index in [1.807, 2.05) is 0 Å². The van der Waals surface area contributed by atoms with E-state index in [4.69, 9.17) is 4.74 Å². The molecule has 0 aromatic carbocycles. The number of allylic oxidation sites excluding steroid dienone is 1. The van der Waals surface area contributed by atoms with Crippen LogP contribution in [0.2, 0.25) is 0 Å². The van der Waals surface area contributed by atoms with Crippen LogP contribution >= 0.6 is 0 Å². The van der Waals surface area contributed by atoms with Crippen molar-refractivity contribution >= 4 is 18.0 Å². The van der Waals surface area contributed by atoms with E-state index in [2.05, 4.69) is 9.47 Å².